The van der Waals surface area contributed by atoms with Gasteiger partial charge in [0.1, 0.15) is 0 Å². The van der Waals surface area contributed by atoms with Crippen LogP contribution in [-0.2, 0) is 26.2 Å². The molecule has 0 bridgehead atoms. The van der Waals surface area contributed by atoms with Gasteiger partial charge in [0.05, 0.1) is 0 Å². The predicted molar refractivity (Wildman–Crippen MR) is 65.4 cm³/mol. The molecule has 0 unspecified atom stereocenters. The molecule has 0 radical (unpaired) electrons. The molecule has 1 aromatic rings. The van der Waals surface area contributed by atoms with Crippen molar-refractivity contribution < 1.29 is 13.3 Å². The summed E-state index contributed by atoms with van der Waals surface area (Å²) in [7, 11) is 2.54. The molecule has 0 aliphatic rings. The smallest absolute Gasteiger partial charge is 0.377 e. The highest BCUT2D eigenvalue weighted by Crippen LogP contribution is 2.16. The first-order chi connectivity index (χ1) is 7.69. The van der Waals surface area contributed by atoms with Crippen LogP contribution < -0.4 is 0 Å². The van der Waals surface area contributed by atoms with Crippen LogP contribution in [0.15, 0.2) is 18.5 Å². The highest BCUT2D eigenvalue weighted by atomic mass is 28.4. The topological polar surface area (TPSA) is 32.6 Å². The molecular weight excluding hydrogens is 222 g/mol. The largest absolute Gasteiger partial charge is 0.500 e. The van der Waals surface area contributed by atoms with Gasteiger partial charge in [-0.25, -0.2) is 0 Å². The number of aromatic nitrogens is 1. The first-order valence-corrected chi connectivity index (χ1v) is 7.43. The van der Waals surface area contributed by atoms with E-state index in [0.717, 1.165) is 19.0 Å². The normalized spacial score (nSPS) is 12.0. The molecule has 0 spiro atoms. The lowest BCUT2D eigenvalue weighted by molar-refractivity contribution is 0.123. The van der Waals surface area contributed by atoms with Crippen molar-refractivity contribution in [2.45, 2.75) is 25.9 Å². The molecule has 92 valence electrons. The molecule has 0 saturated heterocycles. The molecule has 0 fully saturated rings. The third-order valence-electron chi connectivity index (χ3n) is 2.83. The van der Waals surface area contributed by atoms with Crippen LogP contribution in [0.5, 0.6) is 0 Å². The van der Waals surface area contributed by atoms with Gasteiger partial charge in [-0.1, -0.05) is 0 Å². The molecule has 0 aliphatic heterocycles. The van der Waals surface area contributed by atoms with Crippen molar-refractivity contribution >= 4 is 8.80 Å². The average Bonchev–Trinajstić information content (AvgIpc) is 2.80. The summed E-state index contributed by atoms with van der Waals surface area (Å²) in [6.07, 6.45) is 5.17. The minimum atomic E-state index is -2.41. The molecule has 1 aromatic heterocycles. The number of nitrogens with zero attached hydrogens (tertiary/aromatic N) is 1. The standard InChI is InChI=1S/C11H21NO3Si/c1-5-12-8-6-11(10-12)7-9-16(13-2,14-3)15-4/h6,8,10H,5,7,9H2,1-4H3. The quantitative estimate of drug-likeness (QED) is 0.686. The lowest BCUT2D eigenvalue weighted by Gasteiger charge is -2.23. The van der Waals surface area contributed by atoms with Crippen LogP contribution in [0.4, 0.5) is 0 Å². The third-order valence-corrected chi connectivity index (χ3v) is 5.56. The van der Waals surface area contributed by atoms with Crippen molar-refractivity contribution in [2.75, 3.05) is 21.3 Å². The van der Waals surface area contributed by atoms with Gasteiger partial charge in [-0.15, -0.1) is 0 Å². The molecule has 0 saturated carbocycles. The summed E-state index contributed by atoms with van der Waals surface area (Å²) in [5.41, 5.74) is 1.30. The monoisotopic (exact) mass is 243 g/mol. The van der Waals surface area contributed by atoms with E-state index < -0.39 is 8.80 Å². The van der Waals surface area contributed by atoms with E-state index in [1.54, 1.807) is 21.3 Å². The van der Waals surface area contributed by atoms with Crippen molar-refractivity contribution in [2.24, 2.45) is 0 Å². The Balaban J connectivity index is 2.55. The summed E-state index contributed by atoms with van der Waals surface area (Å²) in [5.74, 6) is 0. The van der Waals surface area contributed by atoms with Crippen molar-refractivity contribution in [3.05, 3.63) is 24.0 Å². The molecule has 0 atom stereocenters. The van der Waals surface area contributed by atoms with E-state index >= 15 is 0 Å². The highest BCUT2D eigenvalue weighted by molar-refractivity contribution is 6.60. The van der Waals surface area contributed by atoms with Crippen molar-refractivity contribution in [1.82, 2.24) is 4.57 Å². The van der Waals surface area contributed by atoms with Crippen LogP contribution in [0.3, 0.4) is 0 Å². The maximum Gasteiger partial charge on any atom is 0.500 e. The predicted octanol–water partition coefficient (Wildman–Crippen LogP) is 1.93. The van der Waals surface area contributed by atoms with E-state index in [2.05, 4.69) is 30.0 Å². The van der Waals surface area contributed by atoms with Crippen LogP contribution in [0.1, 0.15) is 12.5 Å². The van der Waals surface area contributed by atoms with Gasteiger partial charge in [0.25, 0.3) is 0 Å². The van der Waals surface area contributed by atoms with Gasteiger partial charge in [-0.3, -0.25) is 0 Å². The molecule has 0 amide bonds. The number of hydrogen-bond acceptors (Lipinski definition) is 3. The second kappa shape index (κ2) is 6.20. The van der Waals surface area contributed by atoms with Crippen LogP contribution in [0, 0.1) is 0 Å². The molecule has 5 heteroatoms. The van der Waals surface area contributed by atoms with Gasteiger partial charge < -0.3 is 17.8 Å². The van der Waals surface area contributed by atoms with E-state index in [9.17, 15) is 0 Å². The van der Waals surface area contributed by atoms with Crippen molar-refractivity contribution in [1.29, 1.82) is 0 Å². The molecule has 0 N–H and O–H groups in total. The van der Waals surface area contributed by atoms with Crippen LogP contribution in [0.25, 0.3) is 0 Å². The minimum absolute atomic E-state index is 0.810. The molecule has 1 rings (SSSR count). The number of hydrogen-bond donors (Lipinski definition) is 0. The second-order valence-corrected chi connectivity index (χ2v) is 6.74. The van der Waals surface area contributed by atoms with E-state index in [-0.39, 0.29) is 0 Å². The van der Waals surface area contributed by atoms with Gasteiger partial charge >= 0.3 is 8.80 Å². The zero-order chi connectivity index (χ0) is 12.0. The summed E-state index contributed by atoms with van der Waals surface area (Å²) in [6.45, 7) is 3.13. The Morgan fingerprint density at radius 3 is 2.25 bits per heavy atom. The van der Waals surface area contributed by atoms with E-state index in [4.69, 9.17) is 13.3 Å². The summed E-state index contributed by atoms with van der Waals surface area (Å²) < 4.78 is 18.3. The Bertz CT molecular complexity index is 302. The third kappa shape index (κ3) is 3.18. The summed E-state index contributed by atoms with van der Waals surface area (Å²) >= 11 is 0. The molecule has 0 aromatic carbocycles. The fraction of sp³-hybridized carbons (Fsp3) is 0.636. The Morgan fingerprint density at radius 2 is 1.81 bits per heavy atom. The SMILES string of the molecule is CCn1ccc(CC[Si](OC)(OC)OC)c1. The summed E-state index contributed by atoms with van der Waals surface area (Å²) in [6, 6.07) is 2.94. The van der Waals surface area contributed by atoms with E-state index in [1.807, 2.05) is 0 Å². The Labute approximate surface area is 98.5 Å². The van der Waals surface area contributed by atoms with Crippen LogP contribution in [0.2, 0.25) is 6.04 Å². The molecule has 0 aliphatic carbocycles. The number of aryl methyl sites for hydroxylation is 2. The van der Waals surface area contributed by atoms with Gasteiger partial charge in [0.15, 0.2) is 0 Å². The van der Waals surface area contributed by atoms with Gasteiger partial charge in [-0.05, 0) is 25.0 Å². The van der Waals surface area contributed by atoms with Crippen molar-refractivity contribution in [3.8, 4) is 0 Å². The molecule has 4 nitrogen and oxygen atoms in total. The molecule has 1 heterocycles. The first kappa shape index (κ1) is 13.4. The average molecular weight is 243 g/mol. The Hall–Kier alpha value is -0.623. The zero-order valence-electron chi connectivity index (χ0n) is 10.5. The molecular formula is C11H21NO3Si. The Kier molecular flexibility index (Phi) is 5.21. The summed E-state index contributed by atoms with van der Waals surface area (Å²) in [4.78, 5) is 0. The maximum atomic E-state index is 5.38. The fourth-order valence-corrected chi connectivity index (χ4v) is 3.40. The first-order valence-electron chi connectivity index (χ1n) is 5.49. The zero-order valence-corrected chi connectivity index (χ0v) is 11.5. The van der Waals surface area contributed by atoms with Gasteiger partial charge in [0, 0.05) is 46.3 Å². The molecule has 16 heavy (non-hydrogen) atoms. The van der Waals surface area contributed by atoms with Crippen molar-refractivity contribution in [3.63, 3.8) is 0 Å². The number of rotatable bonds is 7. The van der Waals surface area contributed by atoms with Gasteiger partial charge in [0.2, 0.25) is 0 Å². The fourth-order valence-electron chi connectivity index (χ4n) is 1.69. The Morgan fingerprint density at radius 1 is 1.19 bits per heavy atom. The van der Waals surface area contributed by atoms with E-state index in [0.29, 0.717) is 0 Å². The maximum absolute atomic E-state index is 5.38. The summed E-state index contributed by atoms with van der Waals surface area (Å²) in [5, 5.41) is 0. The van der Waals surface area contributed by atoms with Crippen LogP contribution >= 0.6 is 0 Å². The lowest BCUT2D eigenvalue weighted by atomic mass is 10.3. The van der Waals surface area contributed by atoms with Gasteiger partial charge in [-0.2, -0.15) is 0 Å². The lowest BCUT2D eigenvalue weighted by Crippen LogP contribution is -2.43. The minimum Gasteiger partial charge on any atom is -0.377 e. The highest BCUT2D eigenvalue weighted by Gasteiger charge is 2.37. The van der Waals surface area contributed by atoms with Crippen LogP contribution in [-0.4, -0.2) is 34.7 Å². The van der Waals surface area contributed by atoms with E-state index in [1.165, 1.54) is 5.56 Å². The second-order valence-electron chi connectivity index (χ2n) is 3.65.